The zero-order valence-corrected chi connectivity index (χ0v) is 20.4. The van der Waals surface area contributed by atoms with E-state index < -0.39 is 0 Å². The van der Waals surface area contributed by atoms with Crippen molar-refractivity contribution < 1.29 is 0 Å². The number of rotatable bonds is 5. The average Bonchev–Trinajstić information content (AvgIpc) is 3.03. The molecule has 0 spiro atoms. The van der Waals surface area contributed by atoms with Crippen LogP contribution in [-0.2, 0) is 0 Å². The Labute approximate surface area is 181 Å². The highest BCUT2D eigenvalue weighted by Crippen LogP contribution is 2.65. The smallest absolute Gasteiger partial charge is 0.00418 e. The minimum absolute atomic E-state index is 0.473. The molecule has 29 heavy (non-hydrogen) atoms. The lowest BCUT2D eigenvalue weighted by molar-refractivity contribution is 0.00331. The Bertz CT molecular complexity index is 632. The monoisotopic (exact) mass is 399 g/mol. The summed E-state index contributed by atoms with van der Waals surface area (Å²) in [6.07, 6.45) is 15.4. The topological polar surface area (TPSA) is 26.0 Å². The Morgan fingerprint density at radius 1 is 0.931 bits per heavy atom. The molecular formula is C28H49N. The van der Waals surface area contributed by atoms with Gasteiger partial charge in [0.1, 0.15) is 0 Å². The zero-order valence-electron chi connectivity index (χ0n) is 20.4. The maximum atomic E-state index is 6.38. The van der Waals surface area contributed by atoms with E-state index in [2.05, 4.69) is 41.5 Å². The van der Waals surface area contributed by atoms with Crippen LogP contribution in [0.4, 0.5) is 0 Å². The number of allylic oxidation sites excluding steroid dienone is 2. The predicted molar refractivity (Wildman–Crippen MR) is 126 cm³/mol. The van der Waals surface area contributed by atoms with Gasteiger partial charge >= 0.3 is 0 Å². The van der Waals surface area contributed by atoms with E-state index in [1.807, 2.05) is 11.1 Å². The molecule has 4 aliphatic rings. The van der Waals surface area contributed by atoms with Gasteiger partial charge < -0.3 is 5.73 Å². The van der Waals surface area contributed by atoms with Gasteiger partial charge in [-0.1, -0.05) is 65.5 Å². The van der Waals surface area contributed by atoms with Crippen molar-refractivity contribution in [3.63, 3.8) is 0 Å². The minimum atomic E-state index is 0.473. The highest BCUT2D eigenvalue weighted by molar-refractivity contribution is 5.34. The SMILES string of the molecule is CC(C)[C@@H](C)CC[C@@H](C)[C@H]1CCC2=C3CC[C@H]4C[C@H](N)CC[C@]4(C)[C@H]3CC[C@@]21C. The van der Waals surface area contributed by atoms with Crippen LogP contribution in [0.15, 0.2) is 11.1 Å². The van der Waals surface area contributed by atoms with Crippen LogP contribution in [0.2, 0.25) is 0 Å². The Morgan fingerprint density at radius 2 is 1.69 bits per heavy atom. The summed E-state index contributed by atoms with van der Waals surface area (Å²) in [6.45, 7) is 15.2. The van der Waals surface area contributed by atoms with Crippen LogP contribution < -0.4 is 5.73 Å². The van der Waals surface area contributed by atoms with Crippen LogP contribution in [0.5, 0.6) is 0 Å². The summed E-state index contributed by atoms with van der Waals surface area (Å²) >= 11 is 0. The first-order valence-electron chi connectivity index (χ1n) is 13.1. The Kier molecular flexibility index (Phi) is 6.04. The van der Waals surface area contributed by atoms with Crippen LogP contribution in [0, 0.1) is 46.3 Å². The van der Waals surface area contributed by atoms with Gasteiger partial charge in [-0.3, -0.25) is 0 Å². The predicted octanol–water partition coefficient (Wildman–Crippen LogP) is 7.75. The van der Waals surface area contributed by atoms with Crippen LogP contribution >= 0.6 is 0 Å². The molecule has 0 aromatic rings. The Hall–Kier alpha value is -0.300. The van der Waals surface area contributed by atoms with Crippen molar-refractivity contribution in [2.45, 2.75) is 118 Å². The van der Waals surface area contributed by atoms with Gasteiger partial charge in [-0.2, -0.15) is 0 Å². The van der Waals surface area contributed by atoms with Crippen LogP contribution in [0.1, 0.15) is 112 Å². The van der Waals surface area contributed by atoms with E-state index in [-0.39, 0.29) is 0 Å². The van der Waals surface area contributed by atoms with Crippen molar-refractivity contribution in [3.8, 4) is 0 Å². The third kappa shape index (κ3) is 3.66. The van der Waals surface area contributed by atoms with Crippen molar-refractivity contribution in [1.82, 2.24) is 0 Å². The van der Waals surface area contributed by atoms with Gasteiger partial charge in [-0.15, -0.1) is 0 Å². The molecule has 3 fully saturated rings. The van der Waals surface area contributed by atoms with Crippen LogP contribution in [0.3, 0.4) is 0 Å². The van der Waals surface area contributed by atoms with Crippen LogP contribution in [-0.4, -0.2) is 6.04 Å². The standard InChI is InChI=1S/C28H49N/c1-18(2)19(3)7-8-20(4)24-11-12-25-23-10-9-21-17-22(29)13-15-27(21,5)26(23)14-16-28(24,25)6/h18-22,24,26H,7-17,29H2,1-6H3/t19-,20+,21-,22+,24+,26-,27-,28+/m0/s1. The molecule has 0 aliphatic heterocycles. The molecule has 2 N–H and O–H groups in total. The second kappa shape index (κ2) is 7.99. The first-order chi connectivity index (χ1) is 13.7. The van der Waals surface area contributed by atoms with E-state index in [1.54, 1.807) is 0 Å². The number of nitrogens with two attached hydrogens (primary N) is 1. The summed E-state index contributed by atoms with van der Waals surface area (Å²) in [5.41, 5.74) is 11.4. The van der Waals surface area contributed by atoms with Crippen molar-refractivity contribution in [1.29, 1.82) is 0 Å². The van der Waals surface area contributed by atoms with Gasteiger partial charge in [0.2, 0.25) is 0 Å². The summed E-state index contributed by atoms with van der Waals surface area (Å²) in [5, 5.41) is 0. The fourth-order valence-corrected chi connectivity index (χ4v) is 8.53. The average molecular weight is 400 g/mol. The molecule has 8 atom stereocenters. The third-order valence-corrected chi connectivity index (χ3v) is 11.0. The van der Waals surface area contributed by atoms with E-state index in [0.717, 1.165) is 35.5 Å². The molecule has 0 heterocycles. The molecule has 1 heteroatoms. The van der Waals surface area contributed by atoms with E-state index in [0.29, 0.717) is 16.9 Å². The number of hydrogen-bond acceptors (Lipinski definition) is 1. The maximum absolute atomic E-state index is 6.38. The molecule has 3 saturated carbocycles. The van der Waals surface area contributed by atoms with Gasteiger partial charge in [0.05, 0.1) is 0 Å². The van der Waals surface area contributed by atoms with Crippen molar-refractivity contribution in [3.05, 3.63) is 11.1 Å². The number of hydrogen-bond donors (Lipinski definition) is 1. The second-order valence-electron chi connectivity index (χ2n) is 12.7. The maximum Gasteiger partial charge on any atom is 0.00418 e. The first-order valence-corrected chi connectivity index (χ1v) is 13.1. The molecule has 0 saturated heterocycles. The van der Waals surface area contributed by atoms with E-state index in [1.165, 1.54) is 70.6 Å². The van der Waals surface area contributed by atoms with Gasteiger partial charge in [0.25, 0.3) is 0 Å². The quantitative estimate of drug-likeness (QED) is 0.470. The normalized spacial score (nSPS) is 44.3. The Balaban J connectivity index is 1.53. The molecular weight excluding hydrogens is 350 g/mol. The summed E-state index contributed by atoms with van der Waals surface area (Å²) < 4.78 is 0. The van der Waals surface area contributed by atoms with Crippen LogP contribution in [0.25, 0.3) is 0 Å². The van der Waals surface area contributed by atoms with Gasteiger partial charge in [0, 0.05) is 6.04 Å². The molecule has 4 aliphatic carbocycles. The van der Waals surface area contributed by atoms with Gasteiger partial charge in [0.15, 0.2) is 0 Å². The lowest BCUT2D eigenvalue weighted by Gasteiger charge is -2.57. The van der Waals surface area contributed by atoms with E-state index in [4.69, 9.17) is 5.73 Å². The summed E-state index contributed by atoms with van der Waals surface area (Å²) in [4.78, 5) is 0. The lowest BCUT2D eigenvalue weighted by atomic mass is 9.48. The molecule has 0 unspecified atom stereocenters. The van der Waals surface area contributed by atoms with E-state index in [9.17, 15) is 0 Å². The Morgan fingerprint density at radius 3 is 2.41 bits per heavy atom. The zero-order chi connectivity index (χ0) is 21.0. The largest absolute Gasteiger partial charge is 0.328 e. The fourth-order valence-electron chi connectivity index (χ4n) is 8.53. The molecule has 0 amide bonds. The fraction of sp³-hybridized carbons (Fsp3) is 0.929. The second-order valence-corrected chi connectivity index (χ2v) is 12.7. The van der Waals surface area contributed by atoms with Gasteiger partial charge in [-0.25, -0.2) is 0 Å². The summed E-state index contributed by atoms with van der Waals surface area (Å²) in [7, 11) is 0. The lowest BCUT2D eigenvalue weighted by Crippen LogP contribution is -2.49. The third-order valence-electron chi connectivity index (χ3n) is 11.0. The summed E-state index contributed by atoms with van der Waals surface area (Å²) in [6, 6.07) is 0.473. The highest BCUT2D eigenvalue weighted by Gasteiger charge is 2.55. The highest BCUT2D eigenvalue weighted by atomic mass is 14.7. The first kappa shape index (κ1) is 21.9. The molecule has 166 valence electrons. The molecule has 0 aromatic heterocycles. The molecule has 0 radical (unpaired) electrons. The van der Waals surface area contributed by atoms with Crippen molar-refractivity contribution >= 4 is 0 Å². The summed E-state index contributed by atoms with van der Waals surface area (Å²) in [5.74, 6) is 5.28. The van der Waals surface area contributed by atoms with E-state index >= 15 is 0 Å². The van der Waals surface area contributed by atoms with Crippen molar-refractivity contribution in [2.75, 3.05) is 0 Å². The molecule has 4 rings (SSSR count). The minimum Gasteiger partial charge on any atom is -0.328 e. The van der Waals surface area contributed by atoms with Gasteiger partial charge in [-0.05, 0) is 104 Å². The molecule has 0 aromatic carbocycles. The molecule has 1 nitrogen and oxygen atoms in total. The number of fused-ring (bicyclic) bond motifs is 4. The molecule has 0 bridgehead atoms. The van der Waals surface area contributed by atoms with Crippen molar-refractivity contribution in [2.24, 2.45) is 52.1 Å².